The Balaban J connectivity index is 5.52. The standard InChI is InChI=1S/C8H12F6O2S/c1-3-5(7(9,10)11)17(15,16)6(4-2)8(12,13)14/h5-6H,3-4H2,1-2H3. The van der Waals surface area contributed by atoms with Crippen LogP contribution in [-0.2, 0) is 9.84 Å². The Kier molecular flexibility index (Phi) is 4.89. The molecular weight excluding hydrogens is 274 g/mol. The lowest BCUT2D eigenvalue weighted by Crippen LogP contribution is -2.47. The van der Waals surface area contributed by atoms with Gasteiger partial charge in [0.1, 0.15) is 0 Å². The summed E-state index contributed by atoms with van der Waals surface area (Å²) >= 11 is 0. The van der Waals surface area contributed by atoms with Crippen LogP contribution in [0.25, 0.3) is 0 Å². The number of hydrogen-bond acceptors (Lipinski definition) is 2. The first-order chi connectivity index (χ1) is 7.39. The zero-order valence-corrected chi connectivity index (χ0v) is 9.88. The summed E-state index contributed by atoms with van der Waals surface area (Å²) in [5.74, 6) is 0. The molecule has 0 saturated carbocycles. The van der Waals surface area contributed by atoms with Gasteiger partial charge in [-0.05, 0) is 12.8 Å². The van der Waals surface area contributed by atoms with E-state index in [1.807, 2.05) is 0 Å². The Morgan fingerprint density at radius 2 is 1.06 bits per heavy atom. The number of rotatable bonds is 4. The molecule has 0 fully saturated rings. The van der Waals surface area contributed by atoms with Gasteiger partial charge in [-0.2, -0.15) is 26.3 Å². The zero-order valence-electron chi connectivity index (χ0n) is 9.06. The van der Waals surface area contributed by atoms with Crippen molar-refractivity contribution in [3.63, 3.8) is 0 Å². The second-order valence-corrected chi connectivity index (χ2v) is 5.78. The van der Waals surface area contributed by atoms with E-state index in [1.54, 1.807) is 0 Å². The lowest BCUT2D eigenvalue weighted by Gasteiger charge is -2.25. The second kappa shape index (κ2) is 5.03. The number of hydrogen-bond donors (Lipinski definition) is 0. The van der Waals surface area contributed by atoms with Crippen LogP contribution < -0.4 is 0 Å². The molecule has 0 aromatic carbocycles. The molecule has 0 amide bonds. The number of sulfone groups is 1. The molecule has 0 rings (SSSR count). The summed E-state index contributed by atoms with van der Waals surface area (Å²) in [6.45, 7) is 1.78. The Hall–Kier alpha value is -0.470. The fourth-order valence-corrected chi connectivity index (χ4v) is 3.57. The molecule has 0 N–H and O–H groups in total. The summed E-state index contributed by atoms with van der Waals surface area (Å²) in [4.78, 5) is 0. The van der Waals surface area contributed by atoms with Gasteiger partial charge in [-0.1, -0.05) is 13.8 Å². The molecule has 17 heavy (non-hydrogen) atoms. The Labute approximate surface area is 94.9 Å². The third-order valence-corrected chi connectivity index (χ3v) is 5.05. The van der Waals surface area contributed by atoms with Crippen molar-refractivity contribution >= 4 is 9.84 Å². The molecule has 2 unspecified atom stereocenters. The van der Waals surface area contributed by atoms with Crippen molar-refractivity contribution in [2.45, 2.75) is 49.5 Å². The van der Waals surface area contributed by atoms with Crippen LogP contribution in [0.1, 0.15) is 26.7 Å². The first-order valence-electron chi connectivity index (χ1n) is 4.75. The van der Waals surface area contributed by atoms with Gasteiger partial charge in [-0.15, -0.1) is 0 Å². The summed E-state index contributed by atoms with van der Waals surface area (Å²) in [5, 5.41) is -5.94. The van der Waals surface area contributed by atoms with Crippen molar-refractivity contribution in [3.8, 4) is 0 Å². The molecule has 0 heterocycles. The van der Waals surface area contributed by atoms with Crippen LogP contribution in [0.4, 0.5) is 26.3 Å². The average Bonchev–Trinajstić information content (AvgIpc) is 1.98. The predicted octanol–water partition coefficient (Wildman–Crippen LogP) is 3.08. The highest BCUT2D eigenvalue weighted by molar-refractivity contribution is 7.92. The maximum Gasteiger partial charge on any atom is 0.405 e. The van der Waals surface area contributed by atoms with Crippen LogP contribution >= 0.6 is 0 Å². The van der Waals surface area contributed by atoms with Crippen LogP contribution in [-0.4, -0.2) is 31.3 Å². The third kappa shape index (κ3) is 3.75. The van der Waals surface area contributed by atoms with E-state index in [0.717, 1.165) is 13.8 Å². The van der Waals surface area contributed by atoms with E-state index in [0.29, 0.717) is 0 Å². The van der Waals surface area contributed by atoms with Crippen LogP contribution in [0.3, 0.4) is 0 Å². The van der Waals surface area contributed by atoms with Crippen LogP contribution in [0.5, 0.6) is 0 Å². The largest absolute Gasteiger partial charge is 0.405 e. The maximum atomic E-state index is 12.4. The molecule has 2 nitrogen and oxygen atoms in total. The molecule has 9 heteroatoms. The minimum absolute atomic E-state index is 0.888. The fourth-order valence-electron chi connectivity index (χ4n) is 1.50. The van der Waals surface area contributed by atoms with Crippen LogP contribution in [0.2, 0.25) is 0 Å². The third-order valence-electron chi connectivity index (χ3n) is 2.26. The van der Waals surface area contributed by atoms with Crippen molar-refractivity contribution in [2.24, 2.45) is 0 Å². The molecule has 0 aliphatic rings. The topological polar surface area (TPSA) is 34.1 Å². The maximum absolute atomic E-state index is 12.4. The normalized spacial score (nSPS) is 17.9. The van der Waals surface area contributed by atoms with Crippen molar-refractivity contribution in [1.29, 1.82) is 0 Å². The van der Waals surface area contributed by atoms with Gasteiger partial charge in [-0.3, -0.25) is 0 Å². The fraction of sp³-hybridized carbons (Fsp3) is 1.00. The Morgan fingerprint density at radius 3 is 1.18 bits per heavy atom. The van der Waals surface area contributed by atoms with E-state index in [4.69, 9.17) is 0 Å². The molecule has 0 aliphatic heterocycles. The molecule has 0 aromatic rings. The van der Waals surface area contributed by atoms with Crippen molar-refractivity contribution < 1.29 is 34.8 Å². The van der Waals surface area contributed by atoms with Gasteiger partial charge in [-0.25, -0.2) is 8.42 Å². The van der Waals surface area contributed by atoms with E-state index in [-0.39, 0.29) is 0 Å². The van der Waals surface area contributed by atoms with Gasteiger partial charge in [0.2, 0.25) is 0 Å². The van der Waals surface area contributed by atoms with Gasteiger partial charge >= 0.3 is 12.4 Å². The minimum atomic E-state index is -5.33. The highest BCUT2D eigenvalue weighted by atomic mass is 32.2. The first kappa shape index (κ1) is 16.5. The van der Waals surface area contributed by atoms with Crippen LogP contribution in [0, 0.1) is 0 Å². The second-order valence-electron chi connectivity index (χ2n) is 3.47. The molecule has 0 saturated heterocycles. The van der Waals surface area contributed by atoms with Gasteiger partial charge < -0.3 is 0 Å². The predicted molar refractivity (Wildman–Crippen MR) is 49.2 cm³/mol. The summed E-state index contributed by atoms with van der Waals surface area (Å²) in [5.41, 5.74) is 0. The number of halogens is 6. The van der Waals surface area contributed by atoms with Gasteiger partial charge in [0.15, 0.2) is 20.3 Å². The highest BCUT2D eigenvalue weighted by Gasteiger charge is 2.56. The molecule has 2 atom stereocenters. The lowest BCUT2D eigenvalue weighted by atomic mass is 10.3. The van der Waals surface area contributed by atoms with E-state index in [9.17, 15) is 34.8 Å². The van der Waals surface area contributed by atoms with Gasteiger partial charge in [0.25, 0.3) is 0 Å². The van der Waals surface area contributed by atoms with Crippen molar-refractivity contribution in [1.82, 2.24) is 0 Å². The van der Waals surface area contributed by atoms with E-state index in [2.05, 4.69) is 0 Å². The Morgan fingerprint density at radius 1 is 0.824 bits per heavy atom. The van der Waals surface area contributed by atoms with E-state index < -0.39 is 45.5 Å². The van der Waals surface area contributed by atoms with Crippen LogP contribution in [0.15, 0.2) is 0 Å². The van der Waals surface area contributed by atoms with Crippen molar-refractivity contribution in [3.05, 3.63) is 0 Å². The van der Waals surface area contributed by atoms with Gasteiger partial charge in [0, 0.05) is 0 Å². The smallest absolute Gasteiger partial charge is 0.228 e. The average molecular weight is 286 g/mol. The zero-order chi connectivity index (χ0) is 14.1. The highest BCUT2D eigenvalue weighted by Crippen LogP contribution is 2.37. The summed E-state index contributed by atoms with van der Waals surface area (Å²) in [7, 11) is -5.33. The summed E-state index contributed by atoms with van der Waals surface area (Å²) in [6.07, 6.45) is -12.2. The molecule has 0 spiro atoms. The SMILES string of the molecule is CCC(C(F)(F)F)S(=O)(=O)C(CC)C(F)(F)F. The Bertz CT molecular complexity index is 314. The molecule has 0 radical (unpaired) electrons. The summed E-state index contributed by atoms with van der Waals surface area (Å²) < 4.78 is 96.8. The van der Waals surface area contributed by atoms with Crippen molar-refractivity contribution in [2.75, 3.05) is 0 Å². The first-order valence-corrected chi connectivity index (χ1v) is 6.36. The minimum Gasteiger partial charge on any atom is -0.228 e. The molecule has 0 aliphatic carbocycles. The van der Waals surface area contributed by atoms with E-state index in [1.165, 1.54) is 0 Å². The molecule has 0 bridgehead atoms. The monoisotopic (exact) mass is 286 g/mol. The quantitative estimate of drug-likeness (QED) is 0.744. The van der Waals surface area contributed by atoms with Gasteiger partial charge in [0.05, 0.1) is 0 Å². The molecule has 0 aromatic heterocycles. The molecule has 104 valence electrons. The lowest BCUT2D eigenvalue weighted by molar-refractivity contribution is -0.139. The summed E-state index contributed by atoms with van der Waals surface area (Å²) in [6, 6.07) is 0. The number of alkyl halides is 6. The van der Waals surface area contributed by atoms with E-state index >= 15 is 0 Å². The molecular formula is C8H12F6O2S.